The minimum atomic E-state index is 0.0165. The molecule has 0 spiro atoms. The van der Waals surface area contributed by atoms with Crippen LogP contribution in [0.15, 0.2) is 30.0 Å². The van der Waals surface area contributed by atoms with Crippen LogP contribution in [-0.2, 0) is 4.79 Å². The van der Waals surface area contributed by atoms with E-state index < -0.39 is 0 Å². The number of nitrogens with one attached hydrogen (secondary N) is 1. The summed E-state index contributed by atoms with van der Waals surface area (Å²) in [6, 6.07) is 8.24. The number of aromatic nitrogens is 1. The zero-order valence-corrected chi connectivity index (χ0v) is 15.5. The molecule has 0 bridgehead atoms. The fraction of sp³-hybridized carbons (Fsp3) is 0.444. The Morgan fingerprint density at radius 1 is 1.42 bits per heavy atom. The number of thiazole rings is 1. The second-order valence-corrected chi connectivity index (χ2v) is 8.64. The van der Waals surface area contributed by atoms with Crippen LogP contribution in [-0.4, -0.2) is 40.7 Å². The molecular formula is C18H21N3OS2. The number of carbonyl (C=O) groups is 1. The molecule has 0 saturated carbocycles. The molecule has 2 aliphatic rings. The minimum Gasteiger partial charge on any atom is -0.328 e. The first-order valence-corrected chi connectivity index (χ1v) is 10.1. The largest absolute Gasteiger partial charge is 0.328 e. The maximum atomic E-state index is 11.8. The molecule has 1 saturated heterocycles. The molecule has 2 aromatic rings. The maximum absolute atomic E-state index is 11.8. The van der Waals surface area contributed by atoms with Crippen molar-refractivity contribution in [3.8, 4) is 0 Å². The monoisotopic (exact) mass is 359 g/mol. The number of likely N-dealkylation sites (tertiary alicyclic amines) is 1. The first-order valence-electron chi connectivity index (χ1n) is 8.42. The number of hydrogen-bond acceptors (Lipinski definition) is 5. The van der Waals surface area contributed by atoms with Crippen LogP contribution < -0.4 is 5.32 Å². The van der Waals surface area contributed by atoms with E-state index in [9.17, 15) is 4.79 Å². The van der Waals surface area contributed by atoms with Crippen molar-refractivity contribution in [3.63, 3.8) is 0 Å². The van der Waals surface area contributed by atoms with Crippen LogP contribution in [0.25, 0.3) is 15.1 Å². The Balaban J connectivity index is 1.73. The molecule has 6 heteroatoms. The van der Waals surface area contributed by atoms with Gasteiger partial charge in [-0.3, -0.25) is 4.79 Å². The minimum absolute atomic E-state index is 0.0165. The van der Waals surface area contributed by atoms with Gasteiger partial charge in [0.05, 0.1) is 15.1 Å². The van der Waals surface area contributed by atoms with E-state index in [1.54, 1.807) is 18.3 Å². The highest BCUT2D eigenvalue weighted by molar-refractivity contribution is 8.09. The third-order valence-corrected chi connectivity index (χ3v) is 7.39. The molecule has 2 aliphatic heterocycles. The van der Waals surface area contributed by atoms with Crippen molar-refractivity contribution in [3.05, 3.63) is 35.0 Å². The highest BCUT2D eigenvalue weighted by atomic mass is 32.2. The van der Waals surface area contributed by atoms with E-state index in [4.69, 9.17) is 4.98 Å². The standard InChI is InChI=1S/C18H21N3OS2/c1-3-21-9-8-12-15(10-21)23-17(16(12)19-11(2)22)18-20-13-6-4-5-7-14(13)24-18/h4-7,12,15H,3,8-10H2,1-2H3,(H,19,22). The number of allylic oxidation sites excluding steroid dienone is 1. The quantitative estimate of drug-likeness (QED) is 0.910. The Morgan fingerprint density at radius 3 is 3.00 bits per heavy atom. The Labute approximate surface area is 150 Å². The van der Waals surface area contributed by atoms with Gasteiger partial charge in [0.25, 0.3) is 0 Å². The third kappa shape index (κ3) is 2.87. The molecule has 1 N–H and O–H groups in total. The Hall–Kier alpha value is -1.37. The number of rotatable bonds is 3. The van der Waals surface area contributed by atoms with Gasteiger partial charge >= 0.3 is 0 Å². The molecule has 126 valence electrons. The van der Waals surface area contributed by atoms with Crippen molar-refractivity contribution >= 4 is 44.1 Å². The molecule has 4 nitrogen and oxygen atoms in total. The van der Waals surface area contributed by atoms with Gasteiger partial charge in [-0.15, -0.1) is 23.1 Å². The first kappa shape index (κ1) is 16.1. The molecule has 1 amide bonds. The average Bonchev–Trinajstić information content (AvgIpc) is 3.15. The molecule has 2 atom stereocenters. The number of fused-ring (bicyclic) bond motifs is 2. The van der Waals surface area contributed by atoms with Gasteiger partial charge in [0.1, 0.15) is 5.01 Å². The average molecular weight is 360 g/mol. The molecule has 0 radical (unpaired) electrons. The van der Waals surface area contributed by atoms with Crippen molar-refractivity contribution in [1.29, 1.82) is 0 Å². The fourth-order valence-corrected chi connectivity index (χ4v) is 6.26. The van der Waals surface area contributed by atoms with Crippen LogP contribution in [0.2, 0.25) is 0 Å². The predicted molar refractivity (Wildman–Crippen MR) is 102 cm³/mol. The van der Waals surface area contributed by atoms with E-state index in [1.165, 1.54) is 9.61 Å². The van der Waals surface area contributed by atoms with E-state index in [-0.39, 0.29) is 5.91 Å². The Bertz CT molecular complexity index is 780. The van der Waals surface area contributed by atoms with Crippen LogP contribution in [0, 0.1) is 5.92 Å². The summed E-state index contributed by atoms with van der Waals surface area (Å²) in [4.78, 5) is 20.3. The maximum Gasteiger partial charge on any atom is 0.221 e. The number of hydrogen-bond donors (Lipinski definition) is 1. The number of piperidine rings is 1. The van der Waals surface area contributed by atoms with Crippen LogP contribution in [0.3, 0.4) is 0 Å². The van der Waals surface area contributed by atoms with Crippen molar-refractivity contribution < 1.29 is 4.79 Å². The molecule has 3 heterocycles. The van der Waals surface area contributed by atoms with E-state index in [0.717, 1.165) is 42.3 Å². The summed E-state index contributed by atoms with van der Waals surface area (Å²) in [5.41, 5.74) is 2.14. The molecule has 1 aromatic heterocycles. The van der Waals surface area contributed by atoms with E-state index in [1.807, 2.05) is 23.9 Å². The summed E-state index contributed by atoms with van der Waals surface area (Å²) in [6.07, 6.45) is 1.11. The fourth-order valence-electron chi connectivity index (χ4n) is 3.57. The molecule has 24 heavy (non-hydrogen) atoms. The van der Waals surface area contributed by atoms with E-state index in [0.29, 0.717) is 11.2 Å². The summed E-state index contributed by atoms with van der Waals surface area (Å²) < 4.78 is 1.20. The highest BCUT2D eigenvalue weighted by Gasteiger charge is 2.40. The Morgan fingerprint density at radius 2 is 2.25 bits per heavy atom. The number of amides is 1. The van der Waals surface area contributed by atoms with Gasteiger partial charge in [-0.05, 0) is 31.6 Å². The van der Waals surface area contributed by atoms with Crippen molar-refractivity contribution in [1.82, 2.24) is 15.2 Å². The van der Waals surface area contributed by atoms with Gasteiger partial charge in [-0.25, -0.2) is 4.98 Å². The van der Waals surface area contributed by atoms with Gasteiger partial charge in [0.2, 0.25) is 5.91 Å². The van der Waals surface area contributed by atoms with E-state index >= 15 is 0 Å². The van der Waals surface area contributed by atoms with Crippen molar-refractivity contribution in [2.24, 2.45) is 5.92 Å². The van der Waals surface area contributed by atoms with Crippen molar-refractivity contribution in [2.75, 3.05) is 19.6 Å². The topological polar surface area (TPSA) is 45.2 Å². The SMILES string of the molecule is CCN1CCC2C(NC(C)=O)=C(c3nc4ccccc4s3)SC2C1. The lowest BCUT2D eigenvalue weighted by molar-refractivity contribution is -0.118. The summed E-state index contributed by atoms with van der Waals surface area (Å²) in [7, 11) is 0. The van der Waals surface area contributed by atoms with Crippen LogP contribution in [0.5, 0.6) is 0 Å². The van der Waals surface area contributed by atoms with Gasteiger partial charge < -0.3 is 10.2 Å². The second-order valence-electron chi connectivity index (χ2n) is 6.36. The summed E-state index contributed by atoms with van der Waals surface area (Å²) >= 11 is 3.63. The van der Waals surface area contributed by atoms with Gasteiger partial charge in [-0.1, -0.05) is 19.1 Å². The molecule has 1 aromatic carbocycles. The van der Waals surface area contributed by atoms with Gasteiger partial charge in [-0.2, -0.15) is 0 Å². The number of benzene rings is 1. The molecule has 1 fully saturated rings. The normalized spacial score (nSPS) is 24.4. The number of thioether (sulfide) groups is 1. The first-order chi connectivity index (χ1) is 11.7. The van der Waals surface area contributed by atoms with E-state index in [2.05, 4.69) is 29.3 Å². The number of nitrogens with zero attached hydrogens (tertiary/aromatic N) is 2. The van der Waals surface area contributed by atoms with Crippen molar-refractivity contribution in [2.45, 2.75) is 25.5 Å². The number of carbonyl (C=O) groups excluding carboxylic acids is 1. The van der Waals surface area contributed by atoms with Crippen LogP contribution in [0.1, 0.15) is 25.3 Å². The lowest BCUT2D eigenvalue weighted by atomic mass is 9.92. The lowest BCUT2D eigenvalue weighted by Gasteiger charge is -2.34. The van der Waals surface area contributed by atoms with Crippen LogP contribution >= 0.6 is 23.1 Å². The molecule has 2 unspecified atom stereocenters. The molecular weight excluding hydrogens is 338 g/mol. The summed E-state index contributed by atoms with van der Waals surface area (Å²) in [5, 5.41) is 4.69. The van der Waals surface area contributed by atoms with Gasteiger partial charge in [0, 0.05) is 30.3 Å². The molecule has 4 rings (SSSR count). The molecule has 0 aliphatic carbocycles. The summed E-state index contributed by atoms with van der Waals surface area (Å²) in [6.45, 7) is 7.10. The highest BCUT2D eigenvalue weighted by Crippen LogP contribution is 2.50. The number of para-hydroxylation sites is 1. The van der Waals surface area contributed by atoms with Crippen LogP contribution in [0.4, 0.5) is 0 Å². The van der Waals surface area contributed by atoms with Gasteiger partial charge in [0.15, 0.2) is 0 Å². The summed E-state index contributed by atoms with van der Waals surface area (Å²) in [5.74, 6) is 0.450. The lowest BCUT2D eigenvalue weighted by Crippen LogP contribution is -2.42. The zero-order chi connectivity index (χ0) is 16.7. The predicted octanol–water partition coefficient (Wildman–Crippen LogP) is 3.56. The smallest absolute Gasteiger partial charge is 0.221 e. The Kier molecular flexibility index (Phi) is 4.37. The second kappa shape index (κ2) is 6.50. The third-order valence-electron chi connectivity index (χ3n) is 4.77. The zero-order valence-electron chi connectivity index (χ0n) is 13.9.